The van der Waals surface area contributed by atoms with Gasteiger partial charge in [-0.25, -0.2) is 0 Å². The first kappa shape index (κ1) is 17.6. The Bertz CT molecular complexity index is 601. The molecule has 3 fully saturated rings. The van der Waals surface area contributed by atoms with Crippen LogP contribution in [0.5, 0.6) is 0 Å². The smallest absolute Gasteiger partial charge is 0.0688 e. The van der Waals surface area contributed by atoms with E-state index in [1.807, 2.05) is 12.1 Å². The molecule has 2 heterocycles. The fourth-order valence-electron chi connectivity index (χ4n) is 5.58. The van der Waals surface area contributed by atoms with Gasteiger partial charge in [0.1, 0.15) is 0 Å². The van der Waals surface area contributed by atoms with E-state index in [1.54, 1.807) is 0 Å². The molecular formula is C21H31ClN2O. The van der Waals surface area contributed by atoms with Gasteiger partial charge in [0.15, 0.2) is 0 Å². The molecule has 4 heteroatoms. The Labute approximate surface area is 157 Å². The monoisotopic (exact) mass is 362 g/mol. The Kier molecular flexibility index (Phi) is 5.00. The van der Waals surface area contributed by atoms with Crippen LogP contribution in [0.3, 0.4) is 0 Å². The first-order valence-electron chi connectivity index (χ1n) is 10.1. The molecule has 3 aliphatic rings. The van der Waals surface area contributed by atoms with Crippen LogP contribution < -0.4 is 4.90 Å². The van der Waals surface area contributed by atoms with Gasteiger partial charge in [0.05, 0.1) is 16.3 Å². The van der Waals surface area contributed by atoms with Crippen LogP contribution in [0.4, 0.5) is 5.69 Å². The highest BCUT2D eigenvalue weighted by atomic mass is 35.5. The van der Waals surface area contributed by atoms with Crippen LogP contribution in [0.15, 0.2) is 24.3 Å². The summed E-state index contributed by atoms with van der Waals surface area (Å²) >= 11 is 6.37. The van der Waals surface area contributed by atoms with E-state index in [4.69, 9.17) is 11.6 Å². The number of halogens is 1. The van der Waals surface area contributed by atoms with Gasteiger partial charge in [-0.2, -0.15) is 0 Å². The van der Waals surface area contributed by atoms with Gasteiger partial charge in [0, 0.05) is 38.1 Å². The van der Waals surface area contributed by atoms with Crippen LogP contribution in [0.1, 0.15) is 45.4 Å². The van der Waals surface area contributed by atoms with Gasteiger partial charge >= 0.3 is 0 Å². The fourth-order valence-corrected chi connectivity index (χ4v) is 5.83. The molecule has 2 saturated heterocycles. The molecule has 138 valence electrons. The summed E-state index contributed by atoms with van der Waals surface area (Å²) in [6.07, 6.45) is 6.83. The molecule has 1 saturated carbocycles. The summed E-state index contributed by atoms with van der Waals surface area (Å²) in [7, 11) is 0. The lowest BCUT2D eigenvalue weighted by molar-refractivity contribution is -0.0617. The number of fused-ring (bicyclic) bond motifs is 1. The zero-order valence-corrected chi connectivity index (χ0v) is 16.1. The lowest BCUT2D eigenvalue weighted by Gasteiger charge is -2.41. The lowest BCUT2D eigenvalue weighted by atomic mass is 9.69. The molecule has 25 heavy (non-hydrogen) atoms. The second kappa shape index (κ2) is 7.09. The van der Waals surface area contributed by atoms with E-state index in [2.05, 4.69) is 28.9 Å². The summed E-state index contributed by atoms with van der Waals surface area (Å²) < 4.78 is 0. The Morgan fingerprint density at radius 3 is 2.64 bits per heavy atom. The molecule has 1 aliphatic carbocycles. The van der Waals surface area contributed by atoms with Crippen LogP contribution in [0.25, 0.3) is 0 Å². The van der Waals surface area contributed by atoms with E-state index in [-0.39, 0.29) is 0 Å². The summed E-state index contributed by atoms with van der Waals surface area (Å²) in [4.78, 5) is 5.13. The van der Waals surface area contributed by atoms with Gasteiger partial charge in [-0.05, 0) is 50.2 Å². The number of benzene rings is 1. The minimum Gasteiger partial charge on any atom is -0.390 e. The van der Waals surface area contributed by atoms with Gasteiger partial charge in [0.2, 0.25) is 0 Å². The number of hydrogen-bond donors (Lipinski definition) is 1. The molecule has 1 aromatic rings. The molecule has 3 nitrogen and oxygen atoms in total. The minimum atomic E-state index is -0.407. The van der Waals surface area contributed by atoms with Crippen molar-refractivity contribution in [2.75, 3.05) is 31.1 Å². The van der Waals surface area contributed by atoms with Crippen LogP contribution in [0.2, 0.25) is 5.02 Å². The number of hydrogen-bond acceptors (Lipinski definition) is 3. The molecule has 1 N–H and O–H groups in total. The molecule has 3 atom stereocenters. The van der Waals surface area contributed by atoms with Gasteiger partial charge < -0.3 is 10.0 Å². The maximum Gasteiger partial charge on any atom is 0.0688 e. The van der Waals surface area contributed by atoms with E-state index >= 15 is 0 Å². The minimum absolute atomic E-state index is 0.407. The zero-order chi connectivity index (χ0) is 17.4. The Balaban J connectivity index is 1.38. The van der Waals surface area contributed by atoms with Gasteiger partial charge in [-0.15, -0.1) is 0 Å². The van der Waals surface area contributed by atoms with Crippen LogP contribution >= 0.6 is 11.6 Å². The molecule has 4 rings (SSSR count). The number of anilines is 1. The third-order valence-electron chi connectivity index (χ3n) is 7.13. The number of aliphatic hydroxyl groups is 1. The predicted molar refractivity (Wildman–Crippen MR) is 104 cm³/mol. The topological polar surface area (TPSA) is 26.7 Å². The van der Waals surface area contributed by atoms with E-state index in [9.17, 15) is 5.11 Å². The van der Waals surface area contributed by atoms with Crippen LogP contribution in [-0.4, -0.2) is 47.8 Å². The number of nitrogens with zero attached hydrogens (tertiary/aromatic N) is 2. The highest BCUT2D eigenvalue weighted by Crippen LogP contribution is 2.45. The van der Waals surface area contributed by atoms with Gasteiger partial charge in [-0.1, -0.05) is 37.1 Å². The molecule has 0 unspecified atom stereocenters. The highest BCUT2D eigenvalue weighted by Gasteiger charge is 2.48. The second-order valence-corrected chi connectivity index (χ2v) is 8.75. The first-order chi connectivity index (χ1) is 12.1. The average Bonchev–Trinajstić information content (AvgIpc) is 3.08. The fraction of sp³-hybridized carbons (Fsp3) is 0.714. The standard InChI is InChI=1S/C21H31ClN2O/c1-2-21(25)11-5-6-16-14-24(15-18(16)21)17-9-12-23(13-10-17)20-8-4-3-7-19(20)22/h3-4,7-8,16-18,25H,2,5-6,9-15H2,1H3/t16-,18+,21-/m1/s1. The lowest BCUT2D eigenvalue weighted by Crippen LogP contribution is -2.46. The summed E-state index contributed by atoms with van der Waals surface area (Å²) in [5.74, 6) is 1.20. The highest BCUT2D eigenvalue weighted by molar-refractivity contribution is 6.33. The predicted octanol–water partition coefficient (Wildman–Crippen LogP) is 4.18. The normalized spacial score (nSPS) is 34.3. The first-order valence-corrected chi connectivity index (χ1v) is 10.4. The summed E-state index contributed by atoms with van der Waals surface area (Å²) in [6.45, 7) is 6.62. The molecule has 0 spiro atoms. The quantitative estimate of drug-likeness (QED) is 0.873. The number of rotatable bonds is 3. The van der Waals surface area contributed by atoms with Crippen LogP contribution in [0, 0.1) is 11.8 Å². The van der Waals surface area contributed by atoms with Crippen LogP contribution in [-0.2, 0) is 0 Å². The van der Waals surface area contributed by atoms with Crippen molar-refractivity contribution in [1.29, 1.82) is 0 Å². The van der Waals surface area contributed by atoms with Crippen molar-refractivity contribution in [2.24, 2.45) is 11.8 Å². The van der Waals surface area contributed by atoms with E-state index in [0.29, 0.717) is 17.9 Å². The molecule has 0 radical (unpaired) electrons. The molecule has 2 aliphatic heterocycles. The third kappa shape index (κ3) is 3.31. The maximum atomic E-state index is 11.0. The van der Waals surface area contributed by atoms with Crippen molar-refractivity contribution in [3.63, 3.8) is 0 Å². The maximum absolute atomic E-state index is 11.0. The largest absolute Gasteiger partial charge is 0.390 e. The number of piperidine rings is 1. The van der Waals surface area contributed by atoms with E-state index in [0.717, 1.165) is 37.5 Å². The van der Waals surface area contributed by atoms with Gasteiger partial charge in [-0.3, -0.25) is 4.90 Å². The van der Waals surface area contributed by atoms with Crippen molar-refractivity contribution < 1.29 is 5.11 Å². The number of likely N-dealkylation sites (tertiary alicyclic amines) is 1. The van der Waals surface area contributed by atoms with Crippen molar-refractivity contribution in [3.05, 3.63) is 29.3 Å². The Morgan fingerprint density at radius 2 is 1.92 bits per heavy atom. The molecule has 0 aromatic heterocycles. The van der Waals surface area contributed by atoms with Crippen molar-refractivity contribution in [3.8, 4) is 0 Å². The summed E-state index contributed by atoms with van der Waals surface area (Å²) in [6, 6.07) is 8.86. The average molecular weight is 363 g/mol. The molecule has 0 amide bonds. The molecular weight excluding hydrogens is 332 g/mol. The van der Waals surface area contributed by atoms with Crippen molar-refractivity contribution in [2.45, 2.75) is 57.1 Å². The third-order valence-corrected chi connectivity index (χ3v) is 7.45. The zero-order valence-electron chi connectivity index (χ0n) is 15.3. The SMILES string of the molecule is CC[C@@]1(O)CCC[C@@H]2CN(C3CCN(c4ccccc4Cl)CC3)C[C@@H]21. The molecule has 0 bridgehead atoms. The second-order valence-electron chi connectivity index (χ2n) is 8.34. The summed E-state index contributed by atoms with van der Waals surface area (Å²) in [5, 5.41) is 11.9. The molecule has 1 aromatic carbocycles. The van der Waals surface area contributed by atoms with E-state index < -0.39 is 5.60 Å². The Morgan fingerprint density at radius 1 is 1.16 bits per heavy atom. The van der Waals surface area contributed by atoms with Gasteiger partial charge in [0.25, 0.3) is 0 Å². The summed E-state index contributed by atoms with van der Waals surface area (Å²) in [5.41, 5.74) is 0.772. The van der Waals surface area contributed by atoms with E-state index in [1.165, 1.54) is 37.9 Å². The van der Waals surface area contributed by atoms with Crippen molar-refractivity contribution in [1.82, 2.24) is 4.90 Å². The Hall–Kier alpha value is -0.770. The van der Waals surface area contributed by atoms with Crippen molar-refractivity contribution >= 4 is 17.3 Å². The number of para-hydroxylation sites is 1.